The van der Waals surface area contributed by atoms with Gasteiger partial charge in [-0.2, -0.15) is 0 Å². The van der Waals surface area contributed by atoms with Crippen molar-refractivity contribution in [2.45, 2.75) is 96.6 Å². The predicted molar refractivity (Wildman–Crippen MR) is 134 cm³/mol. The van der Waals surface area contributed by atoms with E-state index < -0.39 is 17.9 Å². The minimum Gasteiger partial charge on any atom is -0.469 e. The minimum atomic E-state index is -0.899. The maximum atomic E-state index is 12.4. The highest BCUT2D eigenvalue weighted by molar-refractivity contribution is 5.72. The van der Waals surface area contributed by atoms with E-state index >= 15 is 0 Å². The fourth-order valence-corrected chi connectivity index (χ4v) is 4.56. The molecule has 0 aliphatic rings. The van der Waals surface area contributed by atoms with Gasteiger partial charge in [-0.05, 0) is 6.42 Å². The molecule has 2 unspecified atom stereocenters. The van der Waals surface area contributed by atoms with Crippen LogP contribution >= 0.6 is 0 Å². The molecule has 0 aromatic heterocycles. The van der Waals surface area contributed by atoms with E-state index in [-0.39, 0.29) is 4.92 Å². The van der Waals surface area contributed by atoms with Gasteiger partial charge in [-0.1, -0.05) is 101 Å². The molecule has 0 fully saturated rings. The van der Waals surface area contributed by atoms with Crippen LogP contribution in [0, 0.1) is 16.0 Å². The molecule has 0 aliphatic heterocycles. The molecule has 0 amide bonds. The van der Waals surface area contributed by atoms with Gasteiger partial charge in [-0.3, -0.25) is 14.9 Å². The van der Waals surface area contributed by atoms with Crippen molar-refractivity contribution in [1.82, 2.24) is 0 Å². The van der Waals surface area contributed by atoms with Gasteiger partial charge in [-0.25, -0.2) is 0 Å². The van der Waals surface area contributed by atoms with E-state index in [1.54, 1.807) is 0 Å². The molecule has 0 heterocycles. The van der Waals surface area contributed by atoms with Crippen molar-refractivity contribution in [3.63, 3.8) is 0 Å². The average molecular weight is 464 g/mol. The predicted octanol–water partition coefficient (Wildman–Crippen LogP) is 6.40. The number of hydrogen-bond acceptors (Lipinski definition) is 4. The van der Waals surface area contributed by atoms with Crippen LogP contribution in [0.3, 0.4) is 0 Å². The molecular weight excluding hydrogens is 416 g/mol. The number of ether oxygens (including phenoxy) is 1. The van der Waals surface area contributed by atoms with Gasteiger partial charge in [0.25, 0.3) is 0 Å². The third-order valence-electron chi connectivity index (χ3n) is 6.59. The molecule has 6 nitrogen and oxygen atoms in total. The first-order chi connectivity index (χ1) is 15.8. The molecule has 0 spiro atoms. The summed E-state index contributed by atoms with van der Waals surface area (Å²) in [4.78, 5) is 24.1. The van der Waals surface area contributed by atoms with Crippen molar-refractivity contribution in [2.24, 2.45) is 5.92 Å². The number of nitro groups is 1. The van der Waals surface area contributed by atoms with Crippen LogP contribution in [-0.4, -0.2) is 49.2 Å². The smallest absolute Gasteiger partial charge is 0.315 e. The standard InChI is InChI=1S/C27H47N2O4/c1-5-6-7-8-9-10-11-12-13-17-20-25(27(30)33-4)26(28(31)32)21-22-29(2,3)23-24-18-15-14-16-19-24/h14-16,18-19,25-26H,5-13,17,20-23H2,1-4H3/q+1. The number of esters is 1. The van der Waals surface area contributed by atoms with E-state index in [0.29, 0.717) is 23.9 Å². The van der Waals surface area contributed by atoms with Crippen LogP contribution in [0.4, 0.5) is 0 Å². The number of rotatable bonds is 19. The zero-order valence-corrected chi connectivity index (χ0v) is 21.5. The third kappa shape index (κ3) is 12.8. The molecule has 33 heavy (non-hydrogen) atoms. The normalized spacial score (nSPS) is 13.5. The van der Waals surface area contributed by atoms with Gasteiger partial charge in [0, 0.05) is 10.5 Å². The summed E-state index contributed by atoms with van der Waals surface area (Å²) in [5.41, 5.74) is 1.20. The number of unbranched alkanes of at least 4 members (excludes halogenated alkanes) is 9. The van der Waals surface area contributed by atoms with Crippen molar-refractivity contribution < 1.29 is 18.9 Å². The second kappa shape index (κ2) is 16.6. The Morgan fingerprint density at radius 2 is 1.48 bits per heavy atom. The average Bonchev–Trinajstić information content (AvgIpc) is 2.78. The topological polar surface area (TPSA) is 69.4 Å². The Hall–Kier alpha value is -1.95. The van der Waals surface area contributed by atoms with E-state index in [2.05, 4.69) is 33.2 Å². The first kappa shape index (κ1) is 29.1. The van der Waals surface area contributed by atoms with Crippen molar-refractivity contribution in [2.75, 3.05) is 27.7 Å². The van der Waals surface area contributed by atoms with E-state index in [1.165, 1.54) is 57.6 Å². The quantitative estimate of drug-likeness (QED) is 0.0782. The summed E-state index contributed by atoms with van der Waals surface area (Å²) in [6.45, 7) is 3.66. The zero-order chi connectivity index (χ0) is 24.5. The Bertz CT molecular complexity index is 663. The van der Waals surface area contributed by atoms with E-state index in [9.17, 15) is 14.9 Å². The Morgan fingerprint density at radius 1 is 0.939 bits per heavy atom. The molecule has 2 atom stereocenters. The first-order valence-corrected chi connectivity index (χ1v) is 12.9. The summed E-state index contributed by atoms with van der Waals surface area (Å²) in [6, 6.07) is 9.26. The number of methoxy groups -OCH3 is 1. The highest BCUT2D eigenvalue weighted by Crippen LogP contribution is 2.23. The zero-order valence-electron chi connectivity index (χ0n) is 21.5. The van der Waals surface area contributed by atoms with Crippen LogP contribution in [0.15, 0.2) is 30.3 Å². The van der Waals surface area contributed by atoms with E-state index in [0.717, 1.165) is 25.8 Å². The van der Waals surface area contributed by atoms with Gasteiger partial charge in [0.15, 0.2) is 0 Å². The van der Waals surface area contributed by atoms with Crippen LogP contribution in [0.2, 0.25) is 0 Å². The summed E-state index contributed by atoms with van der Waals surface area (Å²) in [5.74, 6) is -1.11. The van der Waals surface area contributed by atoms with E-state index in [1.807, 2.05) is 18.2 Å². The van der Waals surface area contributed by atoms with Crippen LogP contribution in [0.5, 0.6) is 0 Å². The SMILES string of the molecule is CCCCCCCCCCCCC(C(=O)OC)C(CC[N+](C)(C)Cc1ccccc1)[N+](=O)[O-]. The van der Waals surface area contributed by atoms with Gasteiger partial charge in [0.1, 0.15) is 12.5 Å². The molecule has 0 saturated carbocycles. The maximum absolute atomic E-state index is 12.4. The van der Waals surface area contributed by atoms with Crippen LogP contribution < -0.4 is 0 Å². The molecule has 6 heteroatoms. The van der Waals surface area contributed by atoms with Gasteiger partial charge >= 0.3 is 5.97 Å². The van der Waals surface area contributed by atoms with Crippen molar-refractivity contribution in [3.8, 4) is 0 Å². The molecule has 1 rings (SSSR count). The van der Waals surface area contributed by atoms with Crippen LogP contribution in [-0.2, 0) is 16.1 Å². The number of hydrogen-bond donors (Lipinski definition) is 0. The highest BCUT2D eigenvalue weighted by Gasteiger charge is 2.38. The highest BCUT2D eigenvalue weighted by atomic mass is 16.6. The lowest BCUT2D eigenvalue weighted by molar-refractivity contribution is -0.905. The molecule has 0 bridgehead atoms. The van der Waals surface area contributed by atoms with Crippen LogP contribution in [0.1, 0.15) is 89.5 Å². The summed E-state index contributed by atoms with van der Waals surface area (Å²) in [7, 11) is 5.50. The van der Waals surface area contributed by atoms with E-state index in [4.69, 9.17) is 4.74 Å². The molecule has 0 saturated heterocycles. The van der Waals surface area contributed by atoms with Crippen LogP contribution in [0.25, 0.3) is 0 Å². The lowest BCUT2D eigenvalue weighted by atomic mass is 9.91. The first-order valence-electron chi connectivity index (χ1n) is 12.9. The third-order valence-corrected chi connectivity index (χ3v) is 6.59. The Balaban J connectivity index is 2.51. The number of nitrogens with zero attached hydrogens (tertiary/aromatic N) is 2. The molecule has 1 aromatic carbocycles. The molecule has 188 valence electrons. The van der Waals surface area contributed by atoms with Gasteiger partial charge in [0.05, 0.1) is 34.2 Å². The van der Waals surface area contributed by atoms with Crippen molar-refractivity contribution >= 4 is 5.97 Å². The number of quaternary nitrogens is 1. The summed E-state index contributed by atoms with van der Waals surface area (Å²) >= 11 is 0. The van der Waals surface area contributed by atoms with Gasteiger partial charge in [-0.15, -0.1) is 0 Å². The molecule has 0 aliphatic carbocycles. The lowest BCUT2D eigenvalue weighted by Crippen LogP contribution is -2.44. The summed E-state index contributed by atoms with van der Waals surface area (Å²) in [6.07, 6.45) is 12.9. The van der Waals surface area contributed by atoms with Gasteiger partial charge in [0.2, 0.25) is 6.04 Å². The Morgan fingerprint density at radius 3 is 2.00 bits per heavy atom. The minimum absolute atomic E-state index is 0.263. The largest absolute Gasteiger partial charge is 0.469 e. The van der Waals surface area contributed by atoms with Crippen molar-refractivity contribution in [3.05, 3.63) is 46.0 Å². The van der Waals surface area contributed by atoms with Gasteiger partial charge < -0.3 is 9.22 Å². The number of carbonyl (C=O) groups is 1. The lowest BCUT2D eigenvalue weighted by Gasteiger charge is -2.31. The second-order valence-electron chi connectivity index (χ2n) is 10.0. The van der Waals surface area contributed by atoms with Crippen molar-refractivity contribution in [1.29, 1.82) is 0 Å². The number of carbonyl (C=O) groups excluding carboxylic acids is 1. The maximum Gasteiger partial charge on any atom is 0.315 e. The number of benzene rings is 1. The molecule has 0 radical (unpaired) electrons. The fourth-order valence-electron chi connectivity index (χ4n) is 4.56. The Labute approximate surface area is 201 Å². The summed E-state index contributed by atoms with van der Waals surface area (Å²) < 4.78 is 5.60. The molecule has 0 N–H and O–H groups in total. The monoisotopic (exact) mass is 463 g/mol. The fraction of sp³-hybridized carbons (Fsp3) is 0.741. The molecular formula is C27H47N2O4+. The Kier molecular flexibility index (Phi) is 14.7. The second-order valence-corrected chi connectivity index (χ2v) is 10.0. The summed E-state index contributed by atoms with van der Waals surface area (Å²) in [5, 5.41) is 11.9. The molecule has 1 aromatic rings.